The van der Waals surface area contributed by atoms with Crippen molar-refractivity contribution in [2.24, 2.45) is 5.10 Å². The number of halogens is 3. The van der Waals surface area contributed by atoms with Crippen LogP contribution in [-0.4, -0.2) is 35.6 Å². The van der Waals surface area contributed by atoms with Crippen molar-refractivity contribution >= 4 is 15.7 Å². The maximum Gasteiger partial charge on any atom is 0.439 e. The summed E-state index contributed by atoms with van der Waals surface area (Å²) in [4.78, 5) is -0.362. The van der Waals surface area contributed by atoms with E-state index < -0.39 is 28.3 Å². The molecule has 0 unspecified atom stereocenters. The van der Waals surface area contributed by atoms with E-state index in [-0.39, 0.29) is 21.4 Å². The smallest absolute Gasteiger partial charge is 0.361 e. The molecule has 0 aliphatic carbocycles. The number of nitrogens with zero attached hydrogens (tertiary/aromatic N) is 2. The molecule has 0 radical (unpaired) electrons. The Hall–Kier alpha value is -1.61. The van der Waals surface area contributed by atoms with Crippen LogP contribution >= 0.6 is 0 Å². The molecule has 0 amide bonds. The van der Waals surface area contributed by atoms with Crippen LogP contribution in [0.4, 0.5) is 13.2 Å². The zero-order valence-electron chi connectivity index (χ0n) is 11.7. The Kier molecular flexibility index (Phi) is 4.22. The number of alkyl halides is 3. The van der Waals surface area contributed by atoms with E-state index in [9.17, 15) is 26.7 Å². The Balaban J connectivity index is 2.53. The Morgan fingerprint density at radius 1 is 1.32 bits per heavy atom. The Morgan fingerprint density at radius 3 is 2.41 bits per heavy atom. The molecule has 9 heteroatoms. The van der Waals surface area contributed by atoms with Gasteiger partial charge in [0, 0.05) is 12.1 Å². The molecule has 1 aliphatic rings. The van der Waals surface area contributed by atoms with Crippen LogP contribution in [0.15, 0.2) is 40.3 Å². The van der Waals surface area contributed by atoms with Crippen LogP contribution in [0.2, 0.25) is 0 Å². The number of hydrazone groups is 1. The summed E-state index contributed by atoms with van der Waals surface area (Å²) in [7, 11) is -4.60. The first kappa shape index (κ1) is 16.8. The zero-order valence-corrected chi connectivity index (χ0v) is 12.5. The van der Waals surface area contributed by atoms with Gasteiger partial charge in [-0.15, -0.1) is 4.41 Å². The number of rotatable bonds is 4. The van der Waals surface area contributed by atoms with Gasteiger partial charge in [-0.05, 0) is 18.6 Å². The van der Waals surface area contributed by atoms with Gasteiger partial charge in [-0.2, -0.15) is 26.7 Å². The highest BCUT2D eigenvalue weighted by Gasteiger charge is 2.64. The summed E-state index contributed by atoms with van der Waals surface area (Å²) in [5.41, 5.74) is -3.55. The van der Waals surface area contributed by atoms with Crippen molar-refractivity contribution in [3.63, 3.8) is 0 Å². The molecule has 1 atom stereocenters. The second kappa shape index (κ2) is 5.54. The van der Waals surface area contributed by atoms with Gasteiger partial charge in [-0.1, -0.05) is 31.5 Å². The molecule has 0 bridgehead atoms. The number of benzene rings is 1. The van der Waals surface area contributed by atoms with Gasteiger partial charge >= 0.3 is 6.18 Å². The second-order valence-corrected chi connectivity index (χ2v) is 6.74. The fourth-order valence-electron chi connectivity index (χ4n) is 2.18. The van der Waals surface area contributed by atoms with Crippen LogP contribution < -0.4 is 0 Å². The largest absolute Gasteiger partial charge is 0.439 e. The summed E-state index contributed by atoms with van der Waals surface area (Å²) in [5.74, 6) is 0. The van der Waals surface area contributed by atoms with Crippen LogP contribution in [0.5, 0.6) is 0 Å². The Bertz CT molecular complexity index is 674. The predicted octanol–water partition coefficient (Wildman–Crippen LogP) is 2.49. The molecule has 0 fully saturated rings. The third kappa shape index (κ3) is 2.70. The summed E-state index contributed by atoms with van der Waals surface area (Å²) in [6.07, 6.45) is -5.37. The van der Waals surface area contributed by atoms with E-state index in [1.54, 1.807) is 6.92 Å². The fraction of sp³-hybridized carbons (Fsp3) is 0.462. The van der Waals surface area contributed by atoms with Crippen LogP contribution in [-0.2, 0) is 10.0 Å². The molecule has 2 rings (SSSR count). The van der Waals surface area contributed by atoms with Crippen LogP contribution in [0.1, 0.15) is 26.2 Å². The van der Waals surface area contributed by atoms with Crippen molar-refractivity contribution in [3.05, 3.63) is 30.3 Å². The normalized spacial score (nSPS) is 22.8. The topological polar surface area (TPSA) is 70.0 Å². The molecule has 1 aromatic rings. The Morgan fingerprint density at radius 2 is 1.91 bits per heavy atom. The first-order valence-corrected chi connectivity index (χ1v) is 8.03. The minimum atomic E-state index is -5.16. The fourth-order valence-corrected chi connectivity index (χ4v) is 3.67. The summed E-state index contributed by atoms with van der Waals surface area (Å²) < 4.78 is 64.3. The zero-order chi connectivity index (χ0) is 16.6. The monoisotopic (exact) mass is 336 g/mol. The van der Waals surface area contributed by atoms with Gasteiger partial charge in [0.05, 0.1) is 4.90 Å². The van der Waals surface area contributed by atoms with Crippen molar-refractivity contribution in [2.75, 3.05) is 0 Å². The van der Waals surface area contributed by atoms with E-state index in [4.69, 9.17) is 0 Å². The van der Waals surface area contributed by atoms with Gasteiger partial charge in [0.1, 0.15) is 0 Å². The second-order valence-electron chi connectivity index (χ2n) is 4.97. The molecule has 0 saturated carbocycles. The van der Waals surface area contributed by atoms with Crippen LogP contribution in [0.3, 0.4) is 0 Å². The predicted molar refractivity (Wildman–Crippen MR) is 73.4 cm³/mol. The SMILES string of the molecule is CCCC1=NN(S(=O)(=O)c2ccccc2)[C@](O)(C(F)(F)F)C1. The number of aliphatic hydroxyl groups is 1. The molecule has 1 aliphatic heterocycles. The Labute approximate surface area is 126 Å². The molecule has 0 spiro atoms. The van der Waals surface area contributed by atoms with Crippen molar-refractivity contribution in [3.8, 4) is 0 Å². The molecule has 0 aromatic heterocycles. The lowest BCUT2D eigenvalue weighted by molar-refractivity contribution is -0.291. The lowest BCUT2D eigenvalue weighted by Gasteiger charge is -2.33. The number of hydrogen-bond donors (Lipinski definition) is 1. The minimum absolute atomic E-state index is 0.00170. The lowest BCUT2D eigenvalue weighted by atomic mass is 10.0. The van der Waals surface area contributed by atoms with Gasteiger partial charge < -0.3 is 5.11 Å². The highest BCUT2D eigenvalue weighted by Crippen LogP contribution is 2.43. The average molecular weight is 336 g/mol. The maximum atomic E-state index is 13.2. The highest BCUT2D eigenvalue weighted by molar-refractivity contribution is 7.89. The van der Waals surface area contributed by atoms with Crippen molar-refractivity contribution in [1.82, 2.24) is 4.41 Å². The molecule has 22 heavy (non-hydrogen) atoms. The van der Waals surface area contributed by atoms with Gasteiger partial charge in [-0.25, -0.2) is 0 Å². The van der Waals surface area contributed by atoms with Crippen molar-refractivity contribution in [1.29, 1.82) is 0 Å². The number of hydrogen-bond acceptors (Lipinski definition) is 4. The lowest BCUT2D eigenvalue weighted by Crippen LogP contribution is -2.56. The quantitative estimate of drug-likeness (QED) is 0.918. The molecule has 122 valence electrons. The summed E-state index contributed by atoms with van der Waals surface area (Å²) >= 11 is 0. The highest BCUT2D eigenvalue weighted by atomic mass is 32.2. The van der Waals surface area contributed by atoms with E-state index in [2.05, 4.69) is 5.10 Å². The van der Waals surface area contributed by atoms with E-state index >= 15 is 0 Å². The van der Waals surface area contributed by atoms with Crippen molar-refractivity contribution in [2.45, 2.75) is 43.0 Å². The molecule has 0 saturated heterocycles. The van der Waals surface area contributed by atoms with Gasteiger partial charge in [0.15, 0.2) is 0 Å². The third-order valence-corrected chi connectivity index (χ3v) is 4.97. The molecular weight excluding hydrogens is 321 g/mol. The number of sulfonamides is 1. The minimum Gasteiger partial charge on any atom is -0.361 e. The van der Waals surface area contributed by atoms with E-state index in [1.165, 1.54) is 18.2 Å². The van der Waals surface area contributed by atoms with Gasteiger partial charge in [-0.3, -0.25) is 0 Å². The third-order valence-electron chi connectivity index (χ3n) is 3.26. The molecular formula is C13H15F3N2O3S. The molecule has 5 nitrogen and oxygen atoms in total. The first-order chi connectivity index (χ1) is 10.1. The molecule has 1 N–H and O–H groups in total. The summed E-state index contributed by atoms with van der Waals surface area (Å²) in [5, 5.41) is 13.5. The van der Waals surface area contributed by atoms with Crippen LogP contribution in [0, 0.1) is 0 Å². The van der Waals surface area contributed by atoms with E-state index in [0.29, 0.717) is 6.42 Å². The van der Waals surface area contributed by atoms with Crippen molar-refractivity contribution < 1.29 is 26.7 Å². The standard InChI is InChI=1S/C13H15F3N2O3S/c1-2-6-10-9-12(19,13(14,15)16)18(17-10)22(20,21)11-7-4-3-5-8-11/h3-5,7-8,19H,2,6,9H2,1H3/t12-/m1/s1. The molecule has 1 heterocycles. The average Bonchev–Trinajstić information content (AvgIpc) is 2.79. The van der Waals surface area contributed by atoms with Gasteiger partial charge in [0.25, 0.3) is 15.7 Å². The summed E-state index contributed by atoms with van der Waals surface area (Å²) in [6, 6.07) is 6.60. The first-order valence-electron chi connectivity index (χ1n) is 6.59. The van der Waals surface area contributed by atoms with E-state index in [1.807, 2.05) is 0 Å². The summed E-state index contributed by atoms with van der Waals surface area (Å²) in [6.45, 7) is 1.73. The van der Waals surface area contributed by atoms with E-state index in [0.717, 1.165) is 12.1 Å². The van der Waals surface area contributed by atoms with Crippen LogP contribution in [0.25, 0.3) is 0 Å². The molecule has 1 aromatic carbocycles. The maximum absolute atomic E-state index is 13.2. The van der Waals surface area contributed by atoms with Gasteiger partial charge in [0.2, 0.25) is 0 Å².